The minimum atomic E-state index is 0.0785. The van der Waals surface area contributed by atoms with Crippen LogP contribution in [0.5, 0.6) is 0 Å². The Hall–Kier alpha value is -0.450. The molecule has 0 radical (unpaired) electrons. The van der Waals surface area contributed by atoms with E-state index in [1.54, 1.807) is 0 Å². The lowest BCUT2D eigenvalue weighted by Gasteiger charge is -2.31. The highest BCUT2D eigenvalue weighted by Gasteiger charge is 2.49. The number of likely N-dealkylation sites (tertiary alicyclic amines) is 1. The van der Waals surface area contributed by atoms with Gasteiger partial charge >= 0.3 is 0 Å². The summed E-state index contributed by atoms with van der Waals surface area (Å²) in [5.74, 6) is 0. The zero-order valence-electron chi connectivity index (χ0n) is 12.4. The molecule has 1 aromatic heterocycles. The molecule has 106 valence electrons. The fraction of sp³-hybridized carbons (Fsp3) is 0.800. The maximum Gasteiger partial charge on any atom is 0.114 e. The molecule has 4 heteroatoms. The Morgan fingerprint density at radius 1 is 1.47 bits per heavy atom. The number of hydrogen-bond acceptors (Lipinski definition) is 4. The first-order valence-electron chi connectivity index (χ1n) is 7.46. The lowest BCUT2D eigenvalue weighted by Crippen LogP contribution is -2.48. The third kappa shape index (κ3) is 2.58. The van der Waals surface area contributed by atoms with E-state index in [1.165, 1.54) is 24.3 Å². The molecule has 2 fully saturated rings. The predicted octanol–water partition coefficient (Wildman–Crippen LogP) is 2.90. The first-order valence-corrected chi connectivity index (χ1v) is 8.34. The van der Waals surface area contributed by atoms with Gasteiger partial charge in [-0.3, -0.25) is 4.90 Å². The molecule has 0 bridgehead atoms. The first kappa shape index (κ1) is 13.5. The molecule has 19 heavy (non-hydrogen) atoms. The van der Waals surface area contributed by atoms with Crippen molar-refractivity contribution in [3.8, 4) is 0 Å². The molecule has 2 heterocycles. The average molecular weight is 279 g/mol. The van der Waals surface area contributed by atoms with E-state index in [4.69, 9.17) is 4.98 Å². The second-order valence-electron chi connectivity index (χ2n) is 6.63. The summed E-state index contributed by atoms with van der Waals surface area (Å²) in [5, 5.41) is 7.30. The Balaban J connectivity index is 1.89. The summed E-state index contributed by atoms with van der Waals surface area (Å²) in [5.41, 5.74) is 1.23. The summed E-state index contributed by atoms with van der Waals surface area (Å²) in [7, 11) is 0. The Morgan fingerprint density at radius 2 is 2.21 bits per heavy atom. The van der Waals surface area contributed by atoms with Crippen LogP contribution in [0.3, 0.4) is 0 Å². The van der Waals surface area contributed by atoms with Crippen LogP contribution < -0.4 is 5.32 Å². The van der Waals surface area contributed by atoms with Gasteiger partial charge in [-0.15, -0.1) is 11.3 Å². The van der Waals surface area contributed by atoms with Crippen LogP contribution in [0.15, 0.2) is 5.38 Å². The molecule has 0 aromatic carbocycles. The maximum atomic E-state index is 4.80. The van der Waals surface area contributed by atoms with Gasteiger partial charge in [-0.05, 0) is 47.0 Å². The Kier molecular flexibility index (Phi) is 3.44. The Labute approximate surface area is 120 Å². The summed E-state index contributed by atoms with van der Waals surface area (Å²) in [6, 6.07) is 2.01. The van der Waals surface area contributed by atoms with Gasteiger partial charge in [-0.1, -0.05) is 0 Å². The second kappa shape index (κ2) is 4.83. The van der Waals surface area contributed by atoms with Crippen molar-refractivity contribution in [1.82, 2.24) is 15.2 Å². The quantitative estimate of drug-likeness (QED) is 0.918. The zero-order valence-corrected chi connectivity index (χ0v) is 13.3. The molecular weight excluding hydrogens is 254 g/mol. The van der Waals surface area contributed by atoms with Crippen LogP contribution in [0.2, 0.25) is 0 Å². The number of nitrogens with zero attached hydrogens (tertiary/aromatic N) is 2. The highest BCUT2D eigenvalue weighted by Crippen LogP contribution is 2.42. The van der Waals surface area contributed by atoms with Crippen molar-refractivity contribution in [3.63, 3.8) is 0 Å². The number of thiazole rings is 1. The van der Waals surface area contributed by atoms with Crippen molar-refractivity contribution < 1.29 is 0 Å². The molecule has 2 atom stereocenters. The third-order valence-electron chi connectivity index (χ3n) is 4.27. The highest BCUT2D eigenvalue weighted by atomic mass is 32.1. The van der Waals surface area contributed by atoms with Crippen LogP contribution in [0, 0.1) is 6.92 Å². The minimum absolute atomic E-state index is 0.0785. The molecule has 1 saturated heterocycles. The molecule has 1 aliphatic carbocycles. The van der Waals surface area contributed by atoms with Crippen LogP contribution in [0.4, 0.5) is 0 Å². The van der Waals surface area contributed by atoms with E-state index in [0.29, 0.717) is 12.1 Å². The molecule has 3 nitrogen and oxygen atoms in total. The van der Waals surface area contributed by atoms with Gasteiger partial charge < -0.3 is 5.32 Å². The first-order chi connectivity index (χ1) is 9.00. The molecule has 1 N–H and O–H groups in total. The van der Waals surface area contributed by atoms with Gasteiger partial charge in [-0.2, -0.15) is 0 Å². The van der Waals surface area contributed by atoms with Gasteiger partial charge in [0.15, 0.2) is 0 Å². The third-order valence-corrected chi connectivity index (χ3v) is 5.44. The minimum Gasteiger partial charge on any atom is -0.302 e. The normalized spacial score (nSPS) is 32.4. The molecule has 1 aliphatic heterocycles. The molecular formula is C15H25N3S. The number of aromatic nitrogens is 1. The maximum absolute atomic E-state index is 4.80. The van der Waals surface area contributed by atoms with E-state index in [2.05, 4.69) is 43.3 Å². The largest absolute Gasteiger partial charge is 0.302 e. The van der Waals surface area contributed by atoms with E-state index >= 15 is 0 Å². The summed E-state index contributed by atoms with van der Waals surface area (Å²) in [6.07, 6.45) is 3.96. The van der Waals surface area contributed by atoms with Crippen LogP contribution in [-0.4, -0.2) is 34.6 Å². The number of aryl methyl sites for hydroxylation is 1. The molecule has 3 rings (SSSR count). The van der Waals surface area contributed by atoms with Crippen LogP contribution >= 0.6 is 11.3 Å². The summed E-state index contributed by atoms with van der Waals surface area (Å²) in [6.45, 7) is 10.1. The number of hydrogen-bond donors (Lipinski definition) is 1. The lowest BCUT2D eigenvalue weighted by atomic mass is 9.96. The highest BCUT2D eigenvalue weighted by molar-refractivity contribution is 7.09. The van der Waals surface area contributed by atoms with Crippen molar-refractivity contribution in [1.29, 1.82) is 0 Å². The number of rotatable bonds is 4. The summed E-state index contributed by atoms with van der Waals surface area (Å²) < 4.78 is 0. The summed E-state index contributed by atoms with van der Waals surface area (Å²) in [4.78, 5) is 7.50. The standard InChI is InChI=1S/C15H25N3S/c1-10(2)17-15(14-16-11(3)8-19-14)7-12(4)18(9-15)13-5-6-13/h8,10,12-13,17H,5-7,9H2,1-4H3. The molecule has 1 saturated carbocycles. The van der Waals surface area contributed by atoms with Crippen molar-refractivity contribution in [2.75, 3.05) is 6.54 Å². The zero-order chi connectivity index (χ0) is 13.6. The van der Waals surface area contributed by atoms with Gasteiger partial charge in [0.05, 0.1) is 5.54 Å². The van der Waals surface area contributed by atoms with Crippen LogP contribution in [0.1, 0.15) is 50.7 Å². The fourth-order valence-electron chi connectivity index (χ4n) is 3.50. The Morgan fingerprint density at radius 3 is 2.74 bits per heavy atom. The van der Waals surface area contributed by atoms with E-state index in [-0.39, 0.29) is 5.54 Å². The van der Waals surface area contributed by atoms with Crippen LogP contribution in [-0.2, 0) is 5.54 Å². The Bertz CT molecular complexity index is 452. The molecule has 2 aliphatic rings. The molecule has 0 spiro atoms. The summed E-state index contributed by atoms with van der Waals surface area (Å²) >= 11 is 1.82. The van der Waals surface area contributed by atoms with Gasteiger partial charge in [0.1, 0.15) is 5.01 Å². The topological polar surface area (TPSA) is 28.2 Å². The predicted molar refractivity (Wildman–Crippen MR) is 80.6 cm³/mol. The lowest BCUT2D eigenvalue weighted by molar-refractivity contribution is 0.235. The van der Waals surface area contributed by atoms with E-state index < -0.39 is 0 Å². The number of nitrogens with one attached hydrogen (secondary N) is 1. The van der Waals surface area contributed by atoms with Crippen molar-refractivity contribution >= 4 is 11.3 Å². The monoisotopic (exact) mass is 279 g/mol. The van der Waals surface area contributed by atoms with Crippen LogP contribution in [0.25, 0.3) is 0 Å². The van der Waals surface area contributed by atoms with Crippen molar-refractivity contribution in [2.24, 2.45) is 0 Å². The van der Waals surface area contributed by atoms with Gasteiger partial charge in [0, 0.05) is 35.7 Å². The van der Waals surface area contributed by atoms with E-state index in [0.717, 1.165) is 18.3 Å². The van der Waals surface area contributed by atoms with Crippen molar-refractivity contribution in [2.45, 2.75) is 70.6 Å². The molecule has 2 unspecified atom stereocenters. The SMILES string of the molecule is Cc1csc(C2(NC(C)C)CC(C)N(C3CC3)C2)n1. The van der Waals surface area contributed by atoms with E-state index in [9.17, 15) is 0 Å². The smallest absolute Gasteiger partial charge is 0.114 e. The average Bonchev–Trinajstić information content (AvgIpc) is 2.98. The fourth-order valence-corrected chi connectivity index (χ4v) is 4.46. The van der Waals surface area contributed by atoms with E-state index in [1.807, 2.05) is 11.3 Å². The van der Waals surface area contributed by atoms with Gasteiger partial charge in [0.2, 0.25) is 0 Å². The molecule has 0 amide bonds. The van der Waals surface area contributed by atoms with Crippen molar-refractivity contribution in [3.05, 3.63) is 16.1 Å². The molecule has 1 aromatic rings. The second-order valence-corrected chi connectivity index (χ2v) is 7.49. The van der Waals surface area contributed by atoms with Gasteiger partial charge in [0.25, 0.3) is 0 Å². The van der Waals surface area contributed by atoms with Gasteiger partial charge in [-0.25, -0.2) is 4.98 Å².